The van der Waals surface area contributed by atoms with Crippen molar-refractivity contribution in [3.8, 4) is 0 Å². The molecule has 2 fully saturated rings. The molecule has 0 spiro atoms. The Morgan fingerprint density at radius 2 is 1.29 bits per heavy atom. The molecule has 200 valence electrons. The van der Waals surface area contributed by atoms with Gasteiger partial charge in [0.1, 0.15) is 29.1 Å². The molecule has 0 aliphatic carbocycles. The maximum atomic E-state index is 13.1. The van der Waals surface area contributed by atoms with E-state index in [0.717, 1.165) is 9.80 Å². The van der Waals surface area contributed by atoms with Gasteiger partial charge in [0.25, 0.3) is 5.92 Å². The molecule has 2 atom stereocenters. The summed E-state index contributed by atoms with van der Waals surface area (Å²) in [5, 5.41) is 17.9. The number of Topliss-reactive ketones (excluding diaryl/α,β-unsaturated/α-hetero) is 1. The number of ketones is 1. The van der Waals surface area contributed by atoms with E-state index in [4.69, 9.17) is 19.7 Å². The van der Waals surface area contributed by atoms with Gasteiger partial charge in [-0.05, 0) is 41.5 Å². The van der Waals surface area contributed by atoms with Crippen LogP contribution in [0.5, 0.6) is 0 Å². The third-order valence-electron chi connectivity index (χ3n) is 4.84. The number of amides is 2. The van der Waals surface area contributed by atoms with E-state index in [2.05, 4.69) is 0 Å². The molecule has 0 radical (unpaired) electrons. The van der Waals surface area contributed by atoms with E-state index < -0.39 is 66.2 Å². The highest BCUT2D eigenvalue weighted by molar-refractivity contribution is 5.90. The number of hydrogen-bond donors (Lipinski definition) is 2. The topological polar surface area (TPSA) is 151 Å². The average Bonchev–Trinajstić information content (AvgIpc) is 2.64. The fraction of sp³-hybridized carbons (Fsp3) is 0.773. The van der Waals surface area contributed by atoms with Crippen molar-refractivity contribution in [2.45, 2.75) is 96.4 Å². The molecule has 0 bridgehead atoms. The van der Waals surface area contributed by atoms with Crippen molar-refractivity contribution in [2.24, 2.45) is 0 Å². The van der Waals surface area contributed by atoms with Crippen molar-refractivity contribution in [3.05, 3.63) is 0 Å². The normalized spacial score (nSPS) is 22.5. The van der Waals surface area contributed by atoms with E-state index >= 15 is 0 Å². The minimum atomic E-state index is -3.05. The van der Waals surface area contributed by atoms with E-state index in [1.807, 2.05) is 0 Å². The summed E-state index contributed by atoms with van der Waals surface area (Å²) in [4.78, 5) is 58.6. The predicted molar refractivity (Wildman–Crippen MR) is 117 cm³/mol. The molecule has 2 unspecified atom stereocenters. The van der Waals surface area contributed by atoms with Crippen molar-refractivity contribution in [1.82, 2.24) is 9.80 Å². The molecule has 2 amide bonds. The number of ether oxygens (including phenoxy) is 2. The second kappa shape index (κ2) is 11.2. The standard InChI is InChI=1S/C11H17F2NO4.C11H17NO5/c1-10(2,3)18-9(17)14-5-4-11(12,13)6-7(14)8(15)16;1-11(2,3)17-10(16)12-5-4-7(13)6-8(12)9(14)15/h7H,4-6H2,1-3H3,(H,15,16);8H,4-6H2,1-3H3,(H,14,15). The molecule has 2 heterocycles. The molecule has 0 aromatic carbocycles. The van der Waals surface area contributed by atoms with Gasteiger partial charge in [-0.2, -0.15) is 0 Å². The number of nitrogens with zero attached hydrogens (tertiary/aromatic N) is 2. The lowest BCUT2D eigenvalue weighted by molar-refractivity contribution is -0.152. The summed E-state index contributed by atoms with van der Waals surface area (Å²) in [6.07, 6.45) is -2.93. The van der Waals surface area contributed by atoms with Gasteiger partial charge in [0.05, 0.1) is 0 Å². The first-order chi connectivity index (χ1) is 15.7. The van der Waals surface area contributed by atoms with Crippen molar-refractivity contribution >= 4 is 29.9 Å². The Morgan fingerprint density at radius 3 is 1.69 bits per heavy atom. The van der Waals surface area contributed by atoms with Crippen molar-refractivity contribution < 1.29 is 52.4 Å². The van der Waals surface area contributed by atoms with Gasteiger partial charge in [-0.25, -0.2) is 28.0 Å². The van der Waals surface area contributed by atoms with Crippen LogP contribution in [0.2, 0.25) is 0 Å². The van der Waals surface area contributed by atoms with E-state index in [-0.39, 0.29) is 31.7 Å². The van der Waals surface area contributed by atoms with Crippen molar-refractivity contribution in [3.63, 3.8) is 0 Å². The number of carboxylic acids is 2. The van der Waals surface area contributed by atoms with E-state index in [0.29, 0.717) is 0 Å². The highest BCUT2D eigenvalue weighted by atomic mass is 19.3. The van der Waals surface area contributed by atoms with Crippen LogP contribution in [0.15, 0.2) is 0 Å². The Labute approximate surface area is 202 Å². The van der Waals surface area contributed by atoms with E-state index in [1.165, 1.54) is 0 Å². The molecule has 2 aliphatic heterocycles. The third kappa shape index (κ3) is 10.0. The smallest absolute Gasteiger partial charge is 0.411 e. The fourth-order valence-electron chi connectivity index (χ4n) is 3.28. The molecular formula is C22H34F2N2O9. The Hall–Kier alpha value is -2.99. The lowest BCUT2D eigenvalue weighted by Crippen LogP contribution is -2.54. The zero-order chi connectivity index (χ0) is 27.4. The summed E-state index contributed by atoms with van der Waals surface area (Å²) in [7, 11) is 0. The molecule has 0 saturated carbocycles. The maximum Gasteiger partial charge on any atom is 0.411 e. The second-order valence-corrected chi connectivity index (χ2v) is 10.4. The SMILES string of the molecule is CC(C)(C)OC(=O)N1CCC(=O)CC1C(=O)O.CC(C)(C)OC(=O)N1CCC(F)(F)CC1C(=O)O. The van der Waals surface area contributed by atoms with E-state index in [1.54, 1.807) is 41.5 Å². The number of carbonyl (C=O) groups excluding carboxylic acids is 3. The van der Waals surface area contributed by atoms with Crippen LogP contribution >= 0.6 is 0 Å². The number of likely N-dealkylation sites (tertiary alicyclic amines) is 2. The molecule has 2 saturated heterocycles. The summed E-state index contributed by atoms with van der Waals surface area (Å²) in [5.74, 6) is -5.82. The molecule has 35 heavy (non-hydrogen) atoms. The highest BCUT2D eigenvalue weighted by Crippen LogP contribution is 2.32. The molecule has 2 N–H and O–H groups in total. The number of piperidine rings is 2. The van der Waals surface area contributed by atoms with Crippen LogP contribution in [-0.2, 0) is 23.9 Å². The first-order valence-electron chi connectivity index (χ1n) is 11.1. The number of hydrogen-bond acceptors (Lipinski definition) is 7. The summed E-state index contributed by atoms with van der Waals surface area (Å²) in [6, 6.07) is -2.64. The molecule has 13 heteroatoms. The first-order valence-corrected chi connectivity index (χ1v) is 11.1. The molecule has 0 aromatic heterocycles. The Kier molecular flexibility index (Phi) is 9.58. The quantitative estimate of drug-likeness (QED) is 0.573. The number of halogens is 2. The largest absolute Gasteiger partial charge is 0.480 e. The monoisotopic (exact) mass is 508 g/mol. The van der Waals surface area contributed by atoms with Gasteiger partial charge in [-0.3, -0.25) is 14.6 Å². The third-order valence-corrected chi connectivity index (χ3v) is 4.84. The van der Waals surface area contributed by atoms with Crippen molar-refractivity contribution in [2.75, 3.05) is 13.1 Å². The zero-order valence-electron chi connectivity index (χ0n) is 20.8. The molecule has 2 aliphatic rings. The first kappa shape index (κ1) is 30.0. The Balaban J connectivity index is 0.000000351. The minimum Gasteiger partial charge on any atom is -0.480 e. The summed E-state index contributed by atoms with van der Waals surface area (Å²) in [6.45, 7) is 9.77. The van der Waals surface area contributed by atoms with Gasteiger partial charge < -0.3 is 19.7 Å². The van der Waals surface area contributed by atoms with Gasteiger partial charge in [-0.1, -0.05) is 0 Å². The van der Waals surface area contributed by atoms with Crippen LogP contribution in [0.25, 0.3) is 0 Å². The van der Waals surface area contributed by atoms with Crippen LogP contribution in [-0.4, -0.2) is 92.2 Å². The lowest BCUT2D eigenvalue weighted by atomic mass is 9.99. The van der Waals surface area contributed by atoms with Gasteiger partial charge in [0.15, 0.2) is 0 Å². The number of aliphatic carboxylic acids is 2. The molecular weight excluding hydrogens is 474 g/mol. The van der Waals surface area contributed by atoms with Crippen LogP contribution in [0.4, 0.5) is 18.4 Å². The van der Waals surface area contributed by atoms with Crippen LogP contribution in [0, 0.1) is 0 Å². The molecule has 0 aromatic rings. The van der Waals surface area contributed by atoms with Gasteiger partial charge in [0.2, 0.25) is 0 Å². The summed E-state index contributed by atoms with van der Waals surface area (Å²) in [5.41, 5.74) is -1.47. The second-order valence-electron chi connectivity index (χ2n) is 10.4. The Morgan fingerprint density at radius 1 is 0.857 bits per heavy atom. The van der Waals surface area contributed by atoms with Crippen LogP contribution < -0.4 is 0 Å². The molecule has 11 nitrogen and oxygen atoms in total. The average molecular weight is 509 g/mol. The van der Waals surface area contributed by atoms with Crippen LogP contribution in [0.1, 0.15) is 67.2 Å². The summed E-state index contributed by atoms with van der Waals surface area (Å²) >= 11 is 0. The Bertz CT molecular complexity index is 834. The fourth-order valence-corrected chi connectivity index (χ4v) is 3.28. The summed E-state index contributed by atoms with van der Waals surface area (Å²) < 4.78 is 36.4. The lowest BCUT2D eigenvalue weighted by Gasteiger charge is -2.37. The van der Waals surface area contributed by atoms with Gasteiger partial charge >= 0.3 is 24.1 Å². The van der Waals surface area contributed by atoms with Gasteiger partial charge in [-0.15, -0.1) is 0 Å². The predicted octanol–water partition coefficient (Wildman–Crippen LogP) is 3.15. The minimum absolute atomic E-state index is 0.102. The van der Waals surface area contributed by atoms with Crippen molar-refractivity contribution in [1.29, 1.82) is 0 Å². The number of carboxylic acid groups (broad SMARTS) is 2. The van der Waals surface area contributed by atoms with E-state index in [9.17, 15) is 32.8 Å². The highest BCUT2D eigenvalue weighted by Gasteiger charge is 2.46. The number of rotatable bonds is 2. The number of alkyl halides is 2. The zero-order valence-corrected chi connectivity index (χ0v) is 20.8. The maximum absolute atomic E-state index is 13.1. The van der Waals surface area contributed by atoms with Gasteiger partial charge in [0, 0.05) is 38.8 Å². The number of carbonyl (C=O) groups is 5. The van der Waals surface area contributed by atoms with Crippen LogP contribution in [0.3, 0.4) is 0 Å². The molecule has 2 rings (SSSR count).